The van der Waals surface area contributed by atoms with Gasteiger partial charge in [0.2, 0.25) is 0 Å². The van der Waals surface area contributed by atoms with Crippen molar-refractivity contribution < 1.29 is 9.53 Å². The van der Waals surface area contributed by atoms with E-state index in [9.17, 15) is 4.79 Å². The SMILES string of the molecule is [C-]#[N+]Cn1c2cnccc2c2ccc(C(=O)OC)cc21. The summed E-state index contributed by atoms with van der Waals surface area (Å²) in [6.45, 7) is 7.29. The number of ether oxygens (including phenoxy) is 1. The fourth-order valence-corrected chi connectivity index (χ4v) is 2.41. The van der Waals surface area contributed by atoms with E-state index in [1.807, 2.05) is 16.7 Å². The summed E-state index contributed by atoms with van der Waals surface area (Å²) < 4.78 is 6.60. The number of carbonyl (C=O) groups excluding carboxylic acids is 1. The van der Waals surface area contributed by atoms with Crippen LogP contribution in [0.15, 0.2) is 36.7 Å². The van der Waals surface area contributed by atoms with Crippen LogP contribution in [0.1, 0.15) is 10.4 Å². The molecule has 1 aromatic carbocycles. The molecule has 0 N–H and O–H groups in total. The van der Waals surface area contributed by atoms with E-state index in [0.29, 0.717) is 5.56 Å². The second-order valence-corrected chi connectivity index (χ2v) is 4.34. The van der Waals surface area contributed by atoms with E-state index in [4.69, 9.17) is 11.3 Å². The van der Waals surface area contributed by atoms with Crippen LogP contribution in [-0.2, 0) is 11.4 Å². The number of nitrogens with zero attached hydrogens (tertiary/aromatic N) is 3. The summed E-state index contributed by atoms with van der Waals surface area (Å²) in [4.78, 5) is 19.2. The van der Waals surface area contributed by atoms with Gasteiger partial charge in [-0.1, -0.05) is 6.07 Å². The fourth-order valence-electron chi connectivity index (χ4n) is 2.41. The number of carbonyl (C=O) groups is 1. The van der Waals surface area contributed by atoms with E-state index in [-0.39, 0.29) is 12.6 Å². The van der Waals surface area contributed by atoms with Crippen molar-refractivity contribution in [2.45, 2.75) is 6.67 Å². The predicted octanol–water partition coefficient (Wildman–Crippen LogP) is 2.85. The zero-order chi connectivity index (χ0) is 14.1. The van der Waals surface area contributed by atoms with Gasteiger partial charge < -0.3 is 4.74 Å². The summed E-state index contributed by atoms with van der Waals surface area (Å²) in [7, 11) is 1.35. The van der Waals surface area contributed by atoms with Gasteiger partial charge in [-0.3, -0.25) is 14.4 Å². The first kappa shape index (κ1) is 12.2. The third-order valence-electron chi connectivity index (χ3n) is 3.30. The Kier molecular flexibility index (Phi) is 2.84. The molecule has 0 aliphatic heterocycles. The maximum atomic E-state index is 11.6. The van der Waals surface area contributed by atoms with Crippen molar-refractivity contribution in [3.63, 3.8) is 0 Å². The first-order valence-electron chi connectivity index (χ1n) is 6.03. The molecular formula is C15H11N3O2. The van der Waals surface area contributed by atoms with E-state index in [1.54, 1.807) is 24.5 Å². The minimum Gasteiger partial charge on any atom is -0.465 e. The van der Waals surface area contributed by atoms with Crippen molar-refractivity contribution in [3.05, 3.63) is 53.6 Å². The average molecular weight is 265 g/mol. The first-order valence-corrected chi connectivity index (χ1v) is 6.03. The molecule has 5 heteroatoms. The van der Waals surface area contributed by atoms with Crippen molar-refractivity contribution in [1.82, 2.24) is 9.55 Å². The molecule has 0 fully saturated rings. The Bertz CT molecular complexity index is 859. The van der Waals surface area contributed by atoms with Gasteiger partial charge in [0.05, 0.1) is 29.9 Å². The highest BCUT2D eigenvalue weighted by Gasteiger charge is 2.14. The quantitative estimate of drug-likeness (QED) is 0.529. The van der Waals surface area contributed by atoms with Gasteiger partial charge in [0.1, 0.15) is 0 Å². The highest BCUT2D eigenvalue weighted by molar-refractivity contribution is 6.09. The van der Waals surface area contributed by atoms with Crippen molar-refractivity contribution in [2.24, 2.45) is 0 Å². The molecule has 0 bridgehead atoms. The number of methoxy groups -OCH3 is 1. The van der Waals surface area contributed by atoms with Gasteiger partial charge in [0, 0.05) is 17.0 Å². The summed E-state index contributed by atoms with van der Waals surface area (Å²) in [6, 6.07) is 7.28. The number of hydrogen-bond acceptors (Lipinski definition) is 3. The average Bonchev–Trinajstić information content (AvgIpc) is 2.81. The minimum absolute atomic E-state index is 0.191. The van der Waals surface area contributed by atoms with E-state index in [1.165, 1.54) is 7.11 Å². The van der Waals surface area contributed by atoms with Crippen molar-refractivity contribution in [3.8, 4) is 0 Å². The molecule has 3 aromatic rings. The van der Waals surface area contributed by atoms with Gasteiger partial charge in [-0.2, -0.15) is 0 Å². The molecule has 0 aliphatic rings. The molecule has 0 unspecified atom stereocenters. The van der Waals surface area contributed by atoms with Gasteiger partial charge in [0.15, 0.2) is 0 Å². The molecule has 0 atom stereocenters. The number of hydrogen-bond donors (Lipinski definition) is 0. The second-order valence-electron chi connectivity index (χ2n) is 4.34. The van der Waals surface area contributed by atoms with Gasteiger partial charge in [-0.25, -0.2) is 11.4 Å². The van der Waals surface area contributed by atoms with Crippen LogP contribution in [0.25, 0.3) is 26.7 Å². The topological polar surface area (TPSA) is 48.5 Å². The smallest absolute Gasteiger partial charge is 0.337 e. The Morgan fingerprint density at radius 3 is 2.90 bits per heavy atom. The number of aromatic nitrogens is 2. The third-order valence-corrected chi connectivity index (χ3v) is 3.30. The Balaban J connectivity index is 2.38. The summed E-state index contributed by atoms with van der Waals surface area (Å²) in [5.41, 5.74) is 2.20. The lowest BCUT2D eigenvalue weighted by Gasteiger charge is -2.01. The van der Waals surface area contributed by atoms with Crippen LogP contribution in [0.3, 0.4) is 0 Å². The van der Waals surface area contributed by atoms with Gasteiger partial charge in [-0.05, 0) is 18.2 Å². The molecule has 0 saturated heterocycles. The van der Waals surface area contributed by atoms with E-state index in [0.717, 1.165) is 21.8 Å². The number of rotatable bonds is 2. The molecule has 98 valence electrons. The summed E-state index contributed by atoms with van der Waals surface area (Å²) in [6.07, 6.45) is 3.45. The molecule has 0 amide bonds. The first-order chi connectivity index (χ1) is 9.76. The number of esters is 1. The standard InChI is InChI=1S/C15H11N3O2/c1-16-9-18-13-7-10(15(19)20-2)3-4-11(13)12-5-6-17-8-14(12)18/h3-8H,9H2,2H3. The summed E-state index contributed by atoms with van der Waals surface area (Å²) in [5, 5.41) is 2.02. The predicted molar refractivity (Wildman–Crippen MR) is 75.2 cm³/mol. The van der Waals surface area contributed by atoms with Crippen molar-refractivity contribution in [1.29, 1.82) is 0 Å². The molecule has 0 radical (unpaired) electrons. The maximum Gasteiger partial charge on any atom is 0.337 e. The molecule has 3 rings (SSSR count). The normalized spacial score (nSPS) is 10.6. The molecular weight excluding hydrogens is 254 g/mol. The summed E-state index contributed by atoms with van der Waals surface area (Å²) in [5.74, 6) is -0.385. The maximum absolute atomic E-state index is 11.6. The van der Waals surface area contributed by atoms with E-state index in [2.05, 4.69) is 9.83 Å². The second kappa shape index (κ2) is 4.67. The largest absolute Gasteiger partial charge is 0.465 e. The number of fused-ring (bicyclic) bond motifs is 3. The zero-order valence-electron chi connectivity index (χ0n) is 10.8. The molecule has 0 aliphatic carbocycles. The van der Waals surface area contributed by atoms with Crippen LogP contribution in [0.5, 0.6) is 0 Å². The molecule has 0 saturated carbocycles. The van der Waals surface area contributed by atoms with Crippen LogP contribution in [0.4, 0.5) is 0 Å². The molecule has 2 heterocycles. The highest BCUT2D eigenvalue weighted by Crippen LogP contribution is 2.29. The highest BCUT2D eigenvalue weighted by atomic mass is 16.5. The van der Waals surface area contributed by atoms with Gasteiger partial charge in [0.25, 0.3) is 6.67 Å². The molecule has 2 aromatic heterocycles. The van der Waals surface area contributed by atoms with Crippen LogP contribution in [0.2, 0.25) is 0 Å². The van der Waals surface area contributed by atoms with Crippen LogP contribution >= 0.6 is 0 Å². The van der Waals surface area contributed by atoms with Crippen molar-refractivity contribution >= 4 is 27.8 Å². The lowest BCUT2D eigenvalue weighted by Crippen LogP contribution is -2.01. The minimum atomic E-state index is -0.385. The lowest BCUT2D eigenvalue weighted by atomic mass is 10.1. The lowest BCUT2D eigenvalue weighted by molar-refractivity contribution is 0.0601. The monoisotopic (exact) mass is 265 g/mol. The molecule has 20 heavy (non-hydrogen) atoms. The van der Waals surface area contributed by atoms with E-state index < -0.39 is 0 Å². The Hall–Kier alpha value is -2.87. The number of pyridine rings is 1. The Morgan fingerprint density at radius 1 is 1.35 bits per heavy atom. The van der Waals surface area contributed by atoms with Crippen molar-refractivity contribution in [2.75, 3.05) is 7.11 Å². The molecule has 5 nitrogen and oxygen atoms in total. The zero-order valence-corrected chi connectivity index (χ0v) is 10.8. The van der Waals surface area contributed by atoms with Crippen LogP contribution < -0.4 is 0 Å². The third kappa shape index (κ3) is 1.70. The Morgan fingerprint density at radius 2 is 2.15 bits per heavy atom. The fraction of sp³-hybridized carbons (Fsp3) is 0.133. The van der Waals surface area contributed by atoms with Crippen LogP contribution in [-0.4, -0.2) is 22.6 Å². The van der Waals surface area contributed by atoms with Gasteiger partial charge >= 0.3 is 5.97 Å². The van der Waals surface area contributed by atoms with Gasteiger partial charge in [-0.15, -0.1) is 0 Å². The van der Waals surface area contributed by atoms with E-state index >= 15 is 0 Å². The number of benzene rings is 1. The molecule has 0 spiro atoms. The Labute approximate surface area is 115 Å². The van der Waals surface area contributed by atoms with Crippen LogP contribution in [0, 0.1) is 6.57 Å². The summed E-state index contributed by atoms with van der Waals surface area (Å²) >= 11 is 0.